The molecule has 0 aliphatic rings. The van der Waals surface area contributed by atoms with Gasteiger partial charge in [0.25, 0.3) is 0 Å². The highest BCUT2D eigenvalue weighted by Crippen LogP contribution is 2.06. The number of carbonyl (C=O) groups excluding carboxylic acids is 2. The molecule has 21 heavy (non-hydrogen) atoms. The Labute approximate surface area is 126 Å². The van der Waals surface area contributed by atoms with Crippen molar-refractivity contribution in [2.45, 2.75) is 32.4 Å². The van der Waals surface area contributed by atoms with Gasteiger partial charge in [-0.1, -0.05) is 19.4 Å². The third kappa shape index (κ3) is 6.87. The topological polar surface area (TPSA) is 108 Å². The molecule has 1 aromatic heterocycles. The Morgan fingerprint density at radius 3 is 2.71 bits per heavy atom. The van der Waals surface area contributed by atoms with Gasteiger partial charge in [-0.25, -0.2) is 4.79 Å². The number of imide groups is 1. The number of rotatable bonds is 8. The van der Waals surface area contributed by atoms with Crippen molar-refractivity contribution in [2.24, 2.45) is 0 Å². The number of carboxylic acids is 1. The second-order valence-electron chi connectivity index (χ2n) is 4.37. The zero-order valence-electron chi connectivity index (χ0n) is 11.7. The molecule has 0 saturated carbocycles. The Morgan fingerprint density at radius 2 is 2.14 bits per heavy atom. The van der Waals surface area contributed by atoms with Gasteiger partial charge >= 0.3 is 12.0 Å². The number of amides is 3. The van der Waals surface area contributed by atoms with Gasteiger partial charge < -0.3 is 10.4 Å². The first-order valence-corrected chi connectivity index (χ1v) is 7.47. The smallest absolute Gasteiger partial charge is 0.321 e. The molecule has 1 unspecified atom stereocenters. The fraction of sp³-hybridized carbons (Fsp3) is 0.462. The molecule has 0 spiro atoms. The number of urea groups is 1. The molecule has 7 nitrogen and oxygen atoms in total. The standard InChI is InChI=1S/C13H19N3O4S/c1-2-4-10(12(18)19)14-8-11(17)16-13(20)15-7-9-5-3-6-21-9/h3,5-6,10,14H,2,4,7-8H2,1H3,(H,18,19)(H2,15,16,17,20). The number of carboxylic acid groups (broad SMARTS) is 1. The molecule has 0 radical (unpaired) electrons. The van der Waals surface area contributed by atoms with E-state index in [-0.39, 0.29) is 6.54 Å². The van der Waals surface area contributed by atoms with Crippen LogP contribution in [0, 0.1) is 0 Å². The summed E-state index contributed by atoms with van der Waals surface area (Å²) in [5.74, 6) is -1.58. The van der Waals surface area contributed by atoms with Gasteiger partial charge in [-0.2, -0.15) is 0 Å². The quantitative estimate of drug-likeness (QED) is 0.571. The van der Waals surface area contributed by atoms with Crippen molar-refractivity contribution >= 4 is 29.2 Å². The lowest BCUT2D eigenvalue weighted by Gasteiger charge is -2.13. The van der Waals surface area contributed by atoms with Crippen LogP contribution in [0.4, 0.5) is 4.79 Å². The maximum absolute atomic E-state index is 11.5. The van der Waals surface area contributed by atoms with Crippen molar-refractivity contribution < 1.29 is 19.5 Å². The van der Waals surface area contributed by atoms with E-state index in [4.69, 9.17) is 5.11 Å². The SMILES string of the molecule is CCCC(NCC(=O)NC(=O)NCc1cccs1)C(=O)O. The first kappa shape index (κ1) is 17.1. The van der Waals surface area contributed by atoms with Crippen LogP contribution >= 0.6 is 11.3 Å². The van der Waals surface area contributed by atoms with Gasteiger partial charge in [-0.05, 0) is 17.9 Å². The van der Waals surface area contributed by atoms with Gasteiger partial charge in [0.15, 0.2) is 0 Å². The van der Waals surface area contributed by atoms with Crippen molar-refractivity contribution in [2.75, 3.05) is 6.54 Å². The van der Waals surface area contributed by atoms with Crippen LogP contribution in [0.25, 0.3) is 0 Å². The molecule has 116 valence electrons. The minimum Gasteiger partial charge on any atom is -0.480 e. The van der Waals surface area contributed by atoms with Gasteiger partial charge in [0, 0.05) is 4.88 Å². The summed E-state index contributed by atoms with van der Waals surface area (Å²) in [4.78, 5) is 34.9. The molecular weight excluding hydrogens is 294 g/mol. The highest BCUT2D eigenvalue weighted by atomic mass is 32.1. The summed E-state index contributed by atoms with van der Waals surface area (Å²) in [6.07, 6.45) is 1.11. The van der Waals surface area contributed by atoms with Crippen LogP contribution in [0.1, 0.15) is 24.6 Å². The summed E-state index contributed by atoms with van der Waals surface area (Å²) in [5, 5.41) is 18.1. The number of carbonyl (C=O) groups is 3. The predicted molar refractivity (Wildman–Crippen MR) is 79.0 cm³/mol. The van der Waals surface area contributed by atoms with E-state index < -0.39 is 23.9 Å². The van der Waals surface area contributed by atoms with E-state index in [1.165, 1.54) is 11.3 Å². The summed E-state index contributed by atoms with van der Waals surface area (Å²) >= 11 is 1.50. The zero-order valence-corrected chi connectivity index (χ0v) is 12.5. The molecule has 0 saturated heterocycles. The molecule has 1 heterocycles. The van der Waals surface area contributed by atoms with Crippen LogP contribution in [0.5, 0.6) is 0 Å². The summed E-state index contributed by atoms with van der Waals surface area (Å²) < 4.78 is 0. The first-order chi connectivity index (χ1) is 10.0. The summed E-state index contributed by atoms with van der Waals surface area (Å²) in [6.45, 7) is 1.98. The fourth-order valence-corrected chi connectivity index (χ4v) is 2.26. The van der Waals surface area contributed by atoms with Crippen molar-refractivity contribution in [1.82, 2.24) is 16.0 Å². The van der Waals surface area contributed by atoms with Crippen LogP contribution in [0.15, 0.2) is 17.5 Å². The lowest BCUT2D eigenvalue weighted by Crippen LogP contribution is -2.46. The van der Waals surface area contributed by atoms with E-state index in [2.05, 4.69) is 16.0 Å². The Balaban J connectivity index is 2.25. The molecule has 4 N–H and O–H groups in total. The van der Waals surface area contributed by atoms with Crippen molar-refractivity contribution in [1.29, 1.82) is 0 Å². The molecule has 1 atom stereocenters. The number of hydrogen-bond acceptors (Lipinski definition) is 5. The van der Waals surface area contributed by atoms with Crippen molar-refractivity contribution in [3.05, 3.63) is 22.4 Å². The first-order valence-electron chi connectivity index (χ1n) is 6.59. The van der Waals surface area contributed by atoms with Crippen LogP contribution in [-0.2, 0) is 16.1 Å². The number of thiophene rings is 1. The Bertz CT molecular complexity index is 476. The van der Waals surface area contributed by atoms with Crippen LogP contribution in [0.2, 0.25) is 0 Å². The van der Waals surface area contributed by atoms with Gasteiger partial charge in [0.1, 0.15) is 6.04 Å². The largest absolute Gasteiger partial charge is 0.480 e. The second kappa shape index (κ2) is 9.09. The summed E-state index contributed by atoms with van der Waals surface area (Å²) in [6, 6.07) is 2.36. The van der Waals surface area contributed by atoms with Gasteiger partial charge in [0.05, 0.1) is 13.1 Å². The molecule has 3 amide bonds. The highest BCUT2D eigenvalue weighted by Gasteiger charge is 2.17. The third-order valence-electron chi connectivity index (χ3n) is 2.64. The maximum Gasteiger partial charge on any atom is 0.321 e. The van der Waals surface area contributed by atoms with Gasteiger partial charge in [-0.15, -0.1) is 11.3 Å². The maximum atomic E-state index is 11.5. The monoisotopic (exact) mass is 313 g/mol. The Hall–Kier alpha value is -1.93. The average molecular weight is 313 g/mol. The van der Waals surface area contributed by atoms with Crippen LogP contribution in [0.3, 0.4) is 0 Å². The predicted octanol–water partition coefficient (Wildman–Crippen LogP) is 0.917. The molecule has 0 aliphatic heterocycles. The molecule has 0 fully saturated rings. The van der Waals surface area contributed by atoms with E-state index in [1.54, 1.807) is 0 Å². The molecule has 0 aliphatic carbocycles. The molecule has 1 aromatic rings. The Morgan fingerprint density at radius 1 is 1.38 bits per heavy atom. The van der Waals surface area contributed by atoms with Crippen molar-refractivity contribution in [3.8, 4) is 0 Å². The minimum absolute atomic E-state index is 0.219. The highest BCUT2D eigenvalue weighted by molar-refractivity contribution is 7.09. The molecular formula is C13H19N3O4S. The van der Waals surface area contributed by atoms with E-state index >= 15 is 0 Å². The lowest BCUT2D eigenvalue weighted by atomic mass is 10.2. The summed E-state index contributed by atoms with van der Waals surface area (Å²) in [5.41, 5.74) is 0. The lowest BCUT2D eigenvalue weighted by molar-refractivity contribution is -0.139. The number of nitrogens with one attached hydrogen (secondary N) is 3. The number of aliphatic carboxylic acids is 1. The molecule has 1 rings (SSSR count). The van der Waals surface area contributed by atoms with E-state index in [9.17, 15) is 14.4 Å². The van der Waals surface area contributed by atoms with E-state index in [1.807, 2.05) is 24.4 Å². The van der Waals surface area contributed by atoms with E-state index in [0.29, 0.717) is 19.4 Å². The number of hydrogen-bond donors (Lipinski definition) is 4. The molecule has 0 bridgehead atoms. The fourth-order valence-electron chi connectivity index (χ4n) is 1.61. The van der Waals surface area contributed by atoms with Gasteiger partial charge in [-0.3, -0.25) is 20.2 Å². The van der Waals surface area contributed by atoms with Crippen LogP contribution in [-0.4, -0.2) is 35.6 Å². The molecule has 0 aromatic carbocycles. The Kier molecular flexibility index (Phi) is 7.41. The minimum atomic E-state index is -1.01. The average Bonchev–Trinajstić information content (AvgIpc) is 2.94. The van der Waals surface area contributed by atoms with Crippen molar-refractivity contribution in [3.63, 3.8) is 0 Å². The van der Waals surface area contributed by atoms with Gasteiger partial charge in [0.2, 0.25) is 5.91 Å². The molecule has 8 heteroatoms. The van der Waals surface area contributed by atoms with Crippen LogP contribution < -0.4 is 16.0 Å². The zero-order chi connectivity index (χ0) is 15.7. The van der Waals surface area contributed by atoms with E-state index in [0.717, 1.165) is 4.88 Å². The summed E-state index contributed by atoms with van der Waals surface area (Å²) in [7, 11) is 0. The normalized spacial score (nSPS) is 11.7. The third-order valence-corrected chi connectivity index (χ3v) is 3.52. The second-order valence-corrected chi connectivity index (χ2v) is 5.40.